The second-order valence-corrected chi connectivity index (χ2v) is 4.35. The molecule has 70 valence electrons. The fraction of sp³-hybridized carbons (Fsp3) is 0.167. The minimum atomic E-state index is 0.837. The Morgan fingerprint density at radius 3 is 3.07 bits per heavy atom. The third-order valence-electron chi connectivity index (χ3n) is 2.50. The van der Waals surface area contributed by atoms with Crippen LogP contribution < -0.4 is 4.74 Å². The molecule has 0 fully saturated rings. The lowest BCUT2D eigenvalue weighted by molar-refractivity contribution is 0.357. The first-order valence-corrected chi connectivity index (χ1v) is 5.61. The van der Waals surface area contributed by atoms with Crippen LogP contribution in [0.4, 0.5) is 0 Å². The molecule has 2 heteroatoms. The van der Waals surface area contributed by atoms with Crippen molar-refractivity contribution >= 4 is 11.3 Å². The van der Waals surface area contributed by atoms with E-state index in [1.807, 2.05) is 0 Å². The molecule has 1 aromatic heterocycles. The smallest absolute Gasteiger partial charge is 0.122 e. The Hall–Kier alpha value is -1.28. The Balaban J connectivity index is 2.09. The molecule has 1 aliphatic heterocycles. The molecule has 0 spiro atoms. The molecule has 14 heavy (non-hydrogen) atoms. The summed E-state index contributed by atoms with van der Waals surface area (Å²) in [6, 6.07) is 10.7. The van der Waals surface area contributed by atoms with Crippen molar-refractivity contribution < 1.29 is 4.74 Å². The van der Waals surface area contributed by atoms with E-state index in [-0.39, 0.29) is 0 Å². The van der Waals surface area contributed by atoms with E-state index in [0.717, 1.165) is 18.8 Å². The van der Waals surface area contributed by atoms with E-state index in [1.54, 1.807) is 11.3 Å². The largest absolute Gasteiger partial charge is 0.493 e. The summed E-state index contributed by atoms with van der Waals surface area (Å²) in [6.45, 7) is 0.837. The molecule has 0 bridgehead atoms. The number of rotatable bonds is 1. The van der Waals surface area contributed by atoms with Gasteiger partial charge in [0.25, 0.3) is 0 Å². The maximum Gasteiger partial charge on any atom is 0.122 e. The monoisotopic (exact) mass is 202 g/mol. The molecule has 0 unspecified atom stereocenters. The molecular formula is C12H10OS. The second kappa shape index (κ2) is 3.14. The van der Waals surface area contributed by atoms with E-state index < -0.39 is 0 Å². The molecule has 1 aliphatic rings. The minimum Gasteiger partial charge on any atom is -0.493 e. The average Bonchev–Trinajstić information content (AvgIpc) is 2.88. The van der Waals surface area contributed by atoms with Gasteiger partial charge in [0.1, 0.15) is 5.75 Å². The van der Waals surface area contributed by atoms with Gasteiger partial charge >= 0.3 is 0 Å². The maximum absolute atomic E-state index is 5.47. The van der Waals surface area contributed by atoms with Crippen LogP contribution in [0.15, 0.2) is 35.7 Å². The van der Waals surface area contributed by atoms with Crippen LogP contribution in [-0.2, 0) is 6.42 Å². The number of hydrogen-bond donors (Lipinski definition) is 0. The first kappa shape index (κ1) is 8.06. The standard InChI is InChI=1S/C12H10OS/c1-2-12(14-7-1)10-3-4-11-9(8-10)5-6-13-11/h1-4,7-8H,5-6H2. The fourth-order valence-corrected chi connectivity index (χ4v) is 2.51. The summed E-state index contributed by atoms with van der Waals surface area (Å²) in [4.78, 5) is 1.33. The normalized spacial score (nSPS) is 13.7. The molecule has 2 heterocycles. The lowest BCUT2D eigenvalue weighted by Crippen LogP contribution is -1.85. The Kier molecular flexibility index (Phi) is 1.81. The van der Waals surface area contributed by atoms with Gasteiger partial charge in [-0.25, -0.2) is 0 Å². The molecule has 2 aromatic rings. The third kappa shape index (κ3) is 1.23. The SMILES string of the molecule is c1csc(-c2ccc3c(c2)CCO3)c1. The van der Waals surface area contributed by atoms with E-state index >= 15 is 0 Å². The van der Waals surface area contributed by atoms with Crippen LogP contribution in [0.2, 0.25) is 0 Å². The van der Waals surface area contributed by atoms with Crippen LogP contribution >= 0.6 is 11.3 Å². The molecule has 1 aromatic carbocycles. The molecule has 0 saturated heterocycles. The quantitative estimate of drug-likeness (QED) is 0.689. The van der Waals surface area contributed by atoms with Gasteiger partial charge in [0.05, 0.1) is 6.61 Å². The molecule has 0 saturated carbocycles. The second-order valence-electron chi connectivity index (χ2n) is 3.40. The number of fused-ring (bicyclic) bond motifs is 1. The van der Waals surface area contributed by atoms with Crippen molar-refractivity contribution in [1.29, 1.82) is 0 Å². The molecular weight excluding hydrogens is 192 g/mol. The summed E-state index contributed by atoms with van der Waals surface area (Å²) in [5.41, 5.74) is 2.65. The van der Waals surface area contributed by atoms with Crippen molar-refractivity contribution in [1.82, 2.24) is 0 Å². The zero-order valence-corrected chi connectivity index (χ0v) is 8.51. The van der Waals surface area contributed by atoms with Crippen LogP contribution in [0.5, 0.6) is 5.75 Å². The van der Waals surface area contributed by atoms with Gasteiger partial charge in [0.2, 0.25) is 0 Å². The summed E-state index contributed by atoms with van der Waals surface area (Å²) in [5.74, 6) is 1.06. The van der Waals surface area contributed by atoms with Gasteiger partial charge in [-0.2, -0.15) is 0 Å². The summed E-state index contributed by atoms with van der Waals surface area (Å²) in [6.07, 6.45) is 1.05. The van der Waals surface area contributed by atoms with E-state index in [1.165, 1.54) is 16.0 Å². The zero-order chi connectivity index (χ0) is 9.38. The highest BCUT2D eigenvalue weighted by Crippen LogP contribution is 2.32. The van der Waals surface area contributed by atoms with Crippen molar-refractivity contribution in [3.8, 4) is 16.2 Å². The van der Waals surface area contributed by atoms with E-state index in [9.17, 15) is 0 Å². The van der Waals surface area contributed by atoms with Crippen LogP contribution in [0, 0.1) is 0 Å². The van der Waals surface area contributed by atoms with Gasteiger partial charge < -0.3 is 4.74 Å². The topological polar surface area (TPSA) is 9.23 Å². The molecule has 0 aliphatic carbocycles. The third-order valence-corrected chi connectivity index (χ3v) is 3.41. The predicted molar refractivity (Wildman–Crippen MR) is 59.0 cm³/mol. The molecule has 0 amide bonds. The highest BCUT2D eigenvalue weighted by Gasteiger charge is 2.12. The first-order chi connectivity index (χ1) is 6.93. The van der Waals surface area contributed by atoms with Crippen LogP contribution in [-0.4, -0.2) is 6.61 Å². The first-order valence-electron chi connectivity index (χ1n) is 4.73. The van der Waals surface area contributed by atoms with Crippen molar-refractivity contribution in [2.24, 2.45) is 0 Å². The van der Waals surface area contributed by atoms with E-state index in [0.29, 0.717) is 0 Å². The van der Waals surface area contributed by atoms with Gasteiger partial charge in [0, 0.05) is 11.3 Å². The Bertz CT molecular complexity index is 445. The van der Waals surface area contributed by atoms with Crippen LogP contribution in [0.25, 0.3) is 10.4 Å². The number of ether oxygens (including phenoxy) is 1. The number of hydrogen-bond acceptors (Lipinski definition) is 2. The van der Waals surface area contributed by atoms with Gasteiger partial charge in [-0.15, -0.1) is 11.3 Å². The zero-order valence-electron chi connectivity index (χ0n) is 7.69. The highest BCUT2D eigenvalue weighted by atomic mass is 32.1. The van der Waals surface area contributed by atoms with E-state index in [2.05, 4.69) is 35.7 Å². The molecule has 3 rings (SSSR count). The number of benzene rings is 1. The molecule has 0 atom stereocenters. The van der Waals surface area contributed by atoms with Crippen molar-refractivity contribution in [3.63, 3.8) is 0 Å². The molecule has 0 N–H and O–H groups in total. The Morgan fingerprint density at radius 1 is 1.21 bits per heavy atom. The predicted octanol–water partition coefficient (Wildman–Crippen LogP) is 3.35. The summed E-state index contributed by atoms with van der Waals surface area (Å²) in [7, 11) is 0. The van der Waals surface area contributed by atoms with Gasteiger partial charge in [-0.1, -0.05) is 6.07 Å². The van der Waals surface area contributed by atoms with Gasteiger partial charge in [-0.05, 0) is 40.8 Å². The summed E-state index contributed by atoms with van der Waals surface area (Å²) < 4.78 is 5.47. The van der Waals surface area contributed by atoms with Gasteiger partial charge in [0.15, 0.2) is 0 Å². The summed E-state index contributed by atoms with van der Waals surface area (Å²) >= 11 is 1.78. The molecule has 1 nitrogen and oxygen atoms in total. The number of thiophene rings is 1. The highest BCUT2D eigenvalue weighted by molar-refractivity contribution is 7.13. The average molecular weight is 202 g/mol. The van der Waals surface area contributed by atoms with Gasteiger partial charge in [-0.3, -0.25) is 0 Å². The molecule has 0 radical (unpaired) electrons. The van der Waals surface area contributed by atoms with Crippen molar-refractivity contribution in [3.05, 3.63) is 41.3 Å². The Labute approximate surface area is 87.0 Å². The Morgan fingerprint density at radius 2 is 2.21 bits per heavy atom. The van der Waals surface area contributed by atoms with Crippen molar-refractivity contribution in [2.75, 3.05) is 6.61 Å². The fourth-order valence-electron chi connectivity index (χ4n) is 1.78. The van der Waals surface area contributed by atoms with Crippen molar-refractivity contribution in [2.45, 2.75) is 6.42 Å². The maximum atomic E-state index is 5.47. The summed E-state index contributed by atoms with van der Waals surface area (Å²) in [5, 5.41) is 2.11. The van der Waals surface area contributed by atoms with Crippen LogP contribution in [0.1, 0.15) is 5.56 Å². The van der Waals surface area contributed by atoms with E-state index in [4.69, 9.17) is 4.74 Å². The lowest BCUT2D eigenvalue weighted by Gasteiger charge is -2.01. The van der Waals surface area contributed by atoms with Crippen LogP contribution in [0.3, 0.4) is 0 Å². The lowest BCUT2D eigenvalue weighted by atomic mass is 10.1. The minimum absolute atomic E-state index is 0.837.